The number of rotatable bonds is 5. The zero-order valence-corrected chi connectivity index (χ0v) is 11.1. The van der Waals surface area contributed by atoms with Crippen molar-refractivity contribution in [2.45, 2.75) is 13.3 Å². The van der Waals surface area contributed by atoms with E-state index in [9.17, 15) is 4.79 Å². The van der Waals surface area contributed by atoms with Crippen molar-refractivity contribution in [3.63, 3.8) is 0 Å². The second-order valence-corrected chi connectivity index (χ2v) is 5.47. The Morgan fingerprint density at radius 3 is 2.93 bits per heavy atom. The lowest BCUT2D eigenvalue weighted by atomic mass is 10.2. The molecular weight excluding hydrogens is 274 g/mol. The highest BCUT2D eigenvalue weighted by atomic mass is 79.9. The zero-order chi connectivity index (χ0) is 11.3. The molecule has 82 valence electrons. The maximum absolute atomic E-state index is 12.0. The highest BCUT2D eigenvalue weighted by Gasteiger charge is 2.14. The number of amides is 1. The highest BCUT2D eigenvalue weighted by molar-refractivity contribution is 9.11. The SMILES string of the molecule is C=CCN(CCC)C(=O)c1csc(Br)c1. The van der Waals surface area contributed by atoms with Crippen LogP contribution in [0.1, 0.15) is 23.7 Å². The quantitative estimate of drug-likeness (QED) is 0.759. The Bertz CT molecular complexity index is 348. The summed E-state index contributed by atoms with van der Waals surface area (Å²) < 4.78 is 0.987. The number of halogens is 1. The van der Waals surface area contributed by atoms with Crippen LogP contribution in [0.2, 0.25) is 0 Å². The topological polar surface area (TPSA) is 20.3 Å². The number of thiophene rings is 1. The van der Waals surface area contributed by atoms with E-state index < -0.39 is 0 Å². The first-order valence-electron chi connectivity index (χ1n) is 4.83. The van der Waals surface area contributed by atoms with Gasteiger partial charge in [-0.3, -0.25) is 4.79 Å². The molecule has 0 aliphatic rings. The fourth-order valence-corrected chi connectivity index (χ4v) is 2.44. The molecule has 4 heteroatoms. The van der Waals surface area contributed by atoms with Gasteiger partial charge < -0.3 is 4.90 Å². The molecule has 0 bridgehead atoms. The molecule has 0 spiro atoms. The molecule has 0 aliphatic heterocycles. The van der Waals surface area contributed by atoms with Crippen LogP contribution in [-0.4, -0.2) is 23.9 Å². The minimum absolute atomic E-state index is 0.0821. The minimum atomic E-state index is 0.0821. The molecular formula is C11H14BrNOS. The summed E-state index contributed by atoms with van der Waals surface area (Å²) in [5, 5.41) is 1.87. The summed E-state index contributed by atoms with van der Waals surface area (Å²) >= 11 is 4.88. The van der Waals surface area contributed by atoms with E-state index in [1.54, 1.807) is 6.08 Å². The van der Waals surface area contributed by atoms with Crippen molar-refractivity contribution in [3.8, 4) is 0 Å². The molecule has 1 aromatic rings. The van der Waals surface area contributed by atoms with Gasteiger partial charge in [0.1, 0.15) is 0 Å². The monoisotopic (exact) mass is 287 g/mol. The third-order valence-electron chi connectivity index (χ3n) is 1.94. The van der Waals surface area contributed by atoms with Crippen molar-refractivity contribution in [1.29, 1.82) is 0 Å². The Labute approximate surface area is 103 Å². The summed E-state index contributed by atoms with van der Waals surface area (Å²) in [6.07, 6.45) is 2.72. The maximum Gasteiger partial charge on any atom is 0.255 e. The summed E-state index contributed by atoms with van der Waals surface area (Å²) in [6, 6.07) is 1.86. The Kier molecular flexibility index (Phi) is 5.05. The average molecular weight is 288 g/mol. The molecule has 1 aromatic heterocycles. The Hall–Kier alpha value is -0.610. The molecule has 2 nitrogen and oxygen atoms in total. The molecule has 0 saturated carbocycles. The van der Waals surface area contributed by atoms with E-state index in [-0.39, 0.29) is 5.91 Å². The summed E-state index contributed by atoms with van der Waals surface area (Å²) in [5.74, 6) is 0.0821. The van der Waals surface area contributed by atoms with Gasteiger partial charge in [0.15, 0.2) is 0 Å². The van der Waals surface area contributed by atoms with E-state index in [4.69, 9.17) is 0 Å². The lowest BCUT2D eigenvalue weighted by Crippen LogP contribution is -2.31. The van der Waals surface area contributed by atoms with Gasteiger partial charge >= 0.3 is 0 Å². The molecule has 1 amide bonds. The van der Waals surface area contributed by atoms with E-state index in [1.165, 1.54) is 11.3 Å². The number of hydrogen-bond donors (Lipinski definition) is 0. The molecule has 0 aromatic carbocycles. The second-order valence-electron chi connectivity index (χ2n) is 3.18. The number of hydrogen-bond acceptors (Lipinski definition) is 2. The van der Waals surface area contributed by atoms with Crippen LogP contribution >= 0.6 is 27.3 Å². The Balaban J connectivity index is 2.75. The molecule has 0 N–H and O–H groups in total. The standard InChI is InChI=1S/C11H14BrNOS/c1-3-5-13(6-4-2)11(14)9-7-10(12)15-8-9/h3,7-8H,1,4-6H2,2H3. The van der Waals surface area contributed by atoms with Crippen LogP contribution in [-0.2, 0) is 0 Å². The van der Waals surface area contributed by atoms with Gasteiger partial charge in [0, 0.05) is 18.5 Å². The van der Waals surface area contributed by atoms with Gasteiger partial charge in [-0.15, -0.1) is 17.9 Å². The second kappa shape index (κ2) is 6.08. The van der Waals surface area contributed by atoms with E-state index in [1.807, 2.05) is 16.3 Å². The van der Waals surface area contributed by atoms with Crippen LogP contribution < -0.4 is 0 Å². The summed E-state index contributed by atoms with van der Waals surface area (Å²) in [4.78, 5) is 13.8. The molecule has 0 radical (unpaired) electrons. The fraction of sp³-hybridized carbons (Fsp3) is 0.364. The Morgan fingerprint density at radius 2 is 2.47 bits per heavy atom. The normalized spacial score (nSPS) is 10.0. The summed E-state index contributed by atoms with van der Waals surface area (Å²) in [5.41, 5.74) is 0.752. The summed E-state index contributed by atoms with van der Waals surface area (Å²) in [6.45, 7) is 7.11. The summed E-state index contributed by atoms with van der Waals surface area (Å²) in [7, 11) is 0. The van der Waals surface area contributed by atoms with Crippen LogP contribution in [0.15, 0.2) is 27.9 Å². The van der Waals surface area contributed by atoms with Gasteiger partial charge in [-0.2, -0.15) is 0 Å². The first kappa shape index (κ1) is 12.5. The van der Waals surface area contributed by atoms with Gasteiger partial charge in [-0.1, -0.05) is 13.0 Å². The molecule has 0 unspecified atom stereocenters. The van der Waals surface area contributed by atoms with Crippen LogP contribution in [0.4, 0.5) is 0 Å². The van der Waals surface area contributed by atoms with Crippen molar-refractivity contribution in [3.05, 3.63) is 33.5 Å². The first-order valence-corrected chi connectivity index (χ1v) is 6.50. The van der Waals surface area contributed by atoms with Gasteiger partial charge in [0.25, 0.3) is 5.91 Å². The van der Waals surface area contributed by atoms with E-state index in [0.717, 1.165) is 22.3 Å². The van der Waals surface area contributed by atoms with Crippen LogP contribution in [0, 0.1) is 0 Å². The molecule has 0 atom stereocenters. The third-order valence-corrected chi connectivity index (χ3v) is 3.45. The van der Waals surface area contributed by atoms with Crippen molar-refractivity contribution >= 4 is 33.2 Å². The predicted octanol–water partition coefficient (Wildman–Crippen LogP) is 3.55. The molecule has 0 fully saturated rings. The zero-order valence-electron chi connectivity index (χ0n) is 8.70. The van der Waals surface area contributed by atoms with E-state index in [0.29, 0.717) is 6.54 Å². The fourth-order valence-electron chi connectivity index (χ4n) is 1.31. The molecule has 0 aliphatic carbocycles. The van der Waals surface area contributed by atoms with Crippen LogP contribution in [0.3, 0.4) is 0 Å². The lowest BCUT2D eigenvalue weighted by molar-refractivity contribution is 0.0774. The van der Waals surface area contributed by atoms with Crippen LogP contribution in [0.25, 0.3) is 0 Å². The first-order chi connectivity index (χ1) is 7.19. The third kappa shape index (κ3) is 3.47. The highest BCUT2D eigenvalue weighted by Crippen LogP contribution is 2.21. The molecule has 0 saturated heterocycles. The smallest absolute Gasteiger partial charge is 0.255 e. The van der Waals surface area contributed by atoms with Gasteiger partial charge in [0.2, 0.25) is 0 Å². The molecule has 1 heterocycles. The molecule has 15 heavy (non-hydrogen) atoms. The van der Waals surface area contributed by atoms with Crippen molar-refractivity contribution in [1.82, 2.24) is 4.90 Å². The average Bonchev–Trinajstić information content (AvgIpc) is 2.63. The number of nitrogens with zero attached hydrogens (tertiary/aromatic N) is 1. The number of carbonyl (C=O) groups excluding carboxylic acids is 1. The Morgan fingerprint density at radius 1 is 1.73 bits per heavy atom. The molecule has 1 rings (SSSR count). The lowest BCUT2D eigenvalue weighted by Gasteiger charge is -2.19. The van der Waals surface area contributed by atoms with Gasteiger partial charge in [-0.05, 0) is 28.4 Å². The van der Waals surface area contributed by atoms with E-state index >= 15 is 0 Å². The largest absolute Gasteiger partial charge is 0.335 e. The van der Waals surface area contributed by atoms with Crippen LogP contribution in [0.5, 0.6) is 0 Å². The number of carbonyl (C=O) groups is 1. The minimum Gasteiger partial charge on any atom is -0.335 e. The van der Waals surface area contributed by atoms with E-state index in [2.05, 4.69) is 29.4 Å². The van der Waals surface area contributed by atoms with Gasteiger partial charge in [-0.25, -0.2) is 0 Å². The van der Waals surface area contributed by atoms with Gasteiger partial charge in [0.05, 0.1) is 9.35 Å². The van der Waals surface area contributed by atoms with Crippen molar-refractivity contribution < 1.29 is 4.79 Å². The van der Waals surface area contributed by atoms with Crippen molar-refractivity contribution in [2.75, 3.05) is 13.1 Å². The van der Waals surface area contributed by atoms with Crippen molar-refractivity contribution in [2.24, 2.45) is 0 Å². The predicted molar refractivity (Wildman–Crippen MR) is 68.4 cm³/mol. The maximum atomic E-state index is 12.0.